The summed E-state index contributed by atoms with van der Waals surface area (Å²) in [4.78, 5) is 2.29. The van der Waals surface area contributed by atoms with E-state index in [-0.39, 0.29) is 4.65 Å². The second-order valence-corrected chi connectivity index (χ2v) is 14.0. The van der Waals surface area contributed by atoms with Gasteiger partial charge in [-0.05, 0) is 39.9 Å². The zero-order valence-electron chi connectivity index (χ0n) is 30.8. The summed E-state index contributed by atoms with van der Waals surface area (Å²) >= 11 is 0. The van der Waals surface area contributed by atoms with E-state index in [9.17, 15) is 5.21 Å². The molecule has 0 saturated heterocycles. The fourth-order valence-electron chi connectivity index (χ4n) is 5.66. The van der Waals surface area contributed by atoms with Crippen molar-refractivity contribution in [2.45, 2.75) is 206 Å². The molecule has 0 rings (SSSR count). The normalized spacial score (nSPS) is 11.3. The van der Waals surface area contributed by atoms with Gasteiger partial charge < -0.3 is 14.8 Å². The minimum atomic E-state index is -0.127. The molecule has 0 aromatic carbocycles. The number of hydrogen-bond donors (Lipinski definition) is 2. The van der Waals surface area contributed by atoms with Crippen LogP contribution >= 0.6 is 0 Å². The highest BCUT2D eigenvalue weighted by Crippen LogP contribution is 2.15. The second-order valence-electron chi connectivity index (χ2n) is 14.0. The van der Waals surface area contributed by atoms with Crippen LogP contribution in [0.4, 0.5) is 0 Å². The van der Waals surface area contributed by atoms with Crippen LogP contribution in [0, 0.1) is 5.21 Å². The van der Waals surface area contributed by atoms with Crippen molar-refractivity contribution >= 4 is 0 Å². The van der Waals surface area contributed by atoms with Gasteiger partial charge in [-0.25, -0.2) is 0 Å². The van der Waals surface area contributed by atoms with Crippen LogP contribution < -0.4 is 0 Å². The Hall–Kier alpha value is -0.200. The molecule has 0 spiro atoms. The lowest BCUT2D eigenvalue weighted by atomic mass is 10.0. The predicted octanol–water partition coefficient (Wildman–Crippen LogP) is 12.9. The van der Waals surface area contributed by atoms with Crippen LogP contribution in [-0.2, 0) is 0 Å². The monoisotopic (exact) mass is 617 g/mol. The summed E-state index contributed by atoms with van der Waals surface area (Å²) in [6, 6.07) is 0. The van der Waals surface area contributed by atoms with E-state index in [4.69, 9.17) is 10.5 Å². The molecule has 0 aliphatic heterocycles. The molecule has 0 heterocycles. The maximum atomic E-state index is 11.4. The molecule has 0 aromatic heterocycles. The fourth-order valence-corrected chi connectivity index (χ4v) is 5.66. The van der Waals surface area contributed by atoms with Crippen molar-refractivity contribution in [3.8, 4) is 0 Å². The summed E-state index contributed by atoms with van der Waals surface area (Å²) < 4.78 is -0.127. The Balaban J connectivity index is -0.000000704. The number of unbranched alkanes of at least 4 members (excludes halogenated alkanes) is 28. The summed E-state index contributed by atoms with van der Waals surface area (Å²) in [5, 5.41) is 23.4. The van der Waals surface area contributed by atoms with Crippen LogP contribution in [0.5, 0.6) is 0 Å². The third-order valence-electron chi connectivity index (χ3n) is 8.51. The smallest absolute Gasteiger partial charge is 0.0779 e. The average molecular weight is 617 g/mol. The zero-order valence-corrected chi connectivity index (χ0v) is 30.8. The fraction of sp³-hybridized carbons (Fsp3) is 1.00. The number of nitrogens with zero attached hydrogens (tertiary/aromatic N) is 2. The molecule has 0 aromatic rings. The predicted molar refractivity (Wildman–Crippen MR) is 194 cm³/mol. The molecular weight excluding hydrogens is 532 g/mol. The van der Waals surface area contributed by atoms with Gasteiger partial charge in [0.25, 0.3) is 0 Å². The third-order valence-corrected chi connectivity index (χ3v) is 8.51. The summed E-state index contributed by atoms with van der Waals surface area (Å²) in [5.41, 5.74) is 0. The molecule has 0 saturated carbocycles. The molecule has 5 heteroatoms. The Morgan fingerprint density at radius 2 is 0.605 bits per heavy atom. The van der Waals surface area contributed by atoms with Gasteiger partial charge in [-0.1, -0.05) is 187 Å². The Morgan fingerprint density at radius 1 is 0.395 bits per heavy atom. The van der Waals surface area contributed by atoms with Crippen molar-refractivity contribution in [2.24, 2.45) is 0 Å². The van der Waals surface area contributed by atoms with E-state index in [2.05, 4.69) is 32.8 Å². The van der Waals surface area contributed by atoms with Gasteiger partial charge in [-0.2, -0.15) is 0 Å². The lowest BCUT2D eigenvalue weighted by Crippen LogP contribution is -2.32. The summed E-state index contributed by atoms with van der Waals surface area (Å²) in [6.45, 7) is 6.61. The Kier molecular flexibility index (Phi) is 45.9. The molecule has 0 radical (unpaired) electrons. The van der Waals surface area contributed by atoms with E-state index in [1.54, 1.807) is 14.1 Å². The minimum Gasteiger partial charge on any atom is -0.633 e. The quantitative estimate of drug-likeness (QED) is 0.0341. The van der Waals surface area contributed by atoms with Crippen molar-refractivity contribution in [3.05, 3.63) is 5.21 Å². The van der Waals surface area contributed by atoms with Gasteiger partial charge in [0, 0.05) is 0 Å². The molecule has 0 aliphatic carbocycles. The molecule has 0 atom stereocenters. The van der Waals surface area contributed by atoms with Gasteiger partial charge in [0.1, 0.15) is 0 Å². The maximum absolute atomic E-state index is 11.4. The molecule has 0 amide bonds. The Labute approximate surface area is 272 Å². The first-order valence-corrected chi connectivity index (χ1v) is 19.2. The van der Waals surface area contributed by atoms with Crippen molar-refractivity contribution < 1.29 is 15.2 Å². The highest BCUT2D eigenvalue weighted by molar-refractivity contribution is 4.52. The van der Waals surface area contributed by atoms with Crippen LogP contribution in [0.1, 0.15) is 206 Å². The summed E-state index contributed by atoms with van der Waals surface area (Å²) in [5.74, 6) is 0. The molecule has 0 aliphatic rings. The Bertz CT molecular complexity index is 455. The van der Waals surface area contributed by atoms with Crippen LogP contribution in [0.25, 0.3) is 0 Å². The first-order valence-electron chi connectivity index (χ1n) is 19.2. The van der Waals surface area contributed by atoms with E-state index in [0.29, 0.717) is 0 Å². The number of quaternary nitrogens is 1. The van der Waals surface area contributed by atoms with Crippen LogP contribution in [0.3, 0.4) is 0 Å². The maximum Gasteiger partial charge on any atom is 0.0779 e. The van der Waals surface area contributed by atoms with E-state index >= 15 is 0 Å². The first-order chi connectivity index (χ1) is 20.8. The molecule has 264 valence electrons. The SMILES string of the molecule is CCCCCCCCCCCCCCCCCN(C)C.CCCCCCCCCCCCCCCCC[N+](C)(C)[O-].OO. The van der Waals surface area contributed by atoms with Crippen molar-refractivity contribution in [2.75, 3.05) is 41.3 Å². The van der Waals surface area contributed by atoms with Crippen molar-refractivity contribution in [1.29, 1.82) is 0 Å². The highest BCUT2D eigenvalue weighted by atomic mass is 17.0. The van der Waals surface area contributed by atoms with Gasteiger partial charge in [-0.15, -0.1) is 0 Å². The molecule has 0 fully saturated rings. The van der Waals surface area contributed by atoms with Crippen LogP contribution in [-0.4, -0.2) is 61.3 Å². The van der Waals surface area contributed by atoms with Crippen LogP contribution in [0.2, 0.25) is 0 Å². The van der Waals surface area contributed by atoms with E-state index in [0.717, 1.165) is 13.0 Å². The molecule has 2 N–H and O–H groups in total. The number of rotatable bonds is 32. The summed E-state index contributed by atoms with van der Waals surface area (Å²) in [7, 11) is 7.82. The van der Waals surface area contributed by atoms with Gasteiger partial charge in [-0.3, -0.25) is 10.5 Å². The molecular formula is C38H84N2O3. The minimum absolute atomic E-state index is 0.127. The van der Waals surface area contributed by atoms with E-state index in [1.807, 2.05) is 0 Å². The molecule has 5 nitrogen and oxygen atoms in total. The van der Waals surface area contributed by atoms with Crippen molar-refractivity contribution in [1.82, 2.24) is 4.90 Å². The standard InChI is InChI=1S/C19H41NO.C19H41N.H2O2/c1-4-5-6-7-8-9-10-11-12-13-14-15-16-17-18-19-20(2,3)21;1-4-5-6-7-8-9-10-11-12-13-14-15-16-17-18-19-20(2)3;1-2/h4-19H2,1-3H3;4-19H2,1-3H3;1-2H. The zero-order chi connectivity index (χ0) is 32.7. The van der Waals surface area contributed by atoms with E-state index in [1.165, 1.54) is 193 Å². The number of hydrogen-bond acceptors (Lipinski definition) is 4. The number of hydroxylamine groups is 3. The molecule has 43 heavy (non-hydrogen) atoms. The van der Waals surface area contributed by atoms with Gasteiger partial charge >= 0.3 is 0 Å². The first kappa shape index (κ1) is 47.2. The van der Waals surface area contributed by atoms with Gasteiger partial charge in [0.2, 0.25) is 0 Å². The van der Waals surface area contributed by atoms with Crippen molar-refractivity contribution in [3.63, 3.8) is 0 Å². The molecule has 0 bridgehead atoms. The average Bonchev–Trinajstić information content (AvgIpc) is 2.98. The Morgan fingerprint density at radius 3 is 0.814 bits per heavy atom. The molecule has 0 unspecified atom stereocenters. The second kappa shape index (κ2) is 41.8. The summed E-state index contributed by atoms with van der Waals surface area (Å²) in [6.07, 6.45) is 42.5. The van der Waals surface area contributed by atoms with Gasteiger partial charge in [0.15, 0.2) is 0 Å². The van der Waals surface area contributed by atoms with E-state index < -0.39 is 0 Å². The topological polar surface area (TPSA) is 66.8 Å². The van der Waals surface area contributed by atoms with Gasteiger partial charge in [0.05, 0.1) is 20.6 Å². The van der Waals surface area contributed by atoms with Crippen LogP contribution in [0.15, 0.2) is 0 Å². The largest absolute Gasteiger partial charge is 0.633 e. The third kappa shape index (κ3) is 54.7. The lowest BCUT2D eigenvalue weighted by molar-refractivity contribution is -0.840. The lowest BCUT2D eigenvalue weighted by Gasteiger charge is -2.33. The highest BCUT2D eigenvalue weighted by Gasteiger charge is 2.01.